The molecule has 0 unspecified atom stereocenters. The van der Waals surface area contributed by atoms with Gasteiger partial charge in [-0.05, 0) is 0 Å². The van der Waals surface area contributed by atoms with E-state index in [0.29, 0.717) is 0 Å². The van der Waals surface area contributed by atoms with E-state index in [1.54, 1.807) is 0 Å². The molecule has 0 aromatic heterocycles. The number of hydrogen-bond donors (Lipinski definition) is 0. The van der Waals surface area contributed by atoms with E-state index in [4.69, 9.17) is 0 Å². The molecule has 0 saturated carbocycles. The molecule has 0 atom stereocenters. The van der Waals surface area contributed by atoms with Crippen LogP contribution in [0.15, 0.2) is 0 Å². The van der Waals surface area contributed by atoms with Gasteiger partial charge in [-0.15, -0.1) is 0 Å². The quantitative estimate of drug-likeness (QED) is 0.417. The Hall–Kier alpha value is 0.970. The van der Waals surface area contributed by atoms with E-state index in [1.807, 2.05) is 6.92 Å². The Morgan fingerprint density at radius 3 is 2.00 bits per heavy atom. The monoisotopic (exact) mass is 145 g/mol. The standard InChI is InChI=1S/C2H3Si.Zr/c1-2-3;/h1H3;/q;+2. The first-order chi connectivity index (χ1) is 1.73. The third-order valence-electron chi connectivity index (χ3n) is 0. The van der Waals surface area contributed by atoms with Gasteiger partial charge < -0.3 is 0 Å². The first kappa shape index (κ1) is 4.97. The van der Waals surface area contributed by atoms with Crippen LogP contribution in [-0.2, 0) is 24.2 Å². The molecule has 0 saturated heterocycles. The number of rotatable bonds is 0. The van der Waals surface area contributed by atoms with Gasteiger partial charge in [0.25, 0.3) is 0 Å². The first-order valence-corrected chi connectivity index (χ1v) is 2.73. The zero-order chi connectivity index (χ0) is 3.58. The molecule has 4 heavy (non-hydrogen) atoms. The summed E-state index contributed by atoms with van der Waals surface area (Å²) in [6.07, 6.45) is 0. The molecule has 0 bridgehead atoms. The molecule has 0 amide bonds. The van der Waals surface area contributed by atoms with Crippen LogP contribution in [0.4, 0.5) is 0 Å². The Balaban J connectivity index is 2.80. The van der Waals surface area contributed by atoms with Crippen molar-refractivity contribution in [3.8, 4) is 0 Å². The Kier molecular flexibility index (Phi) is 2.76. The molecule has 0 aliphatic rings. The summed E-state index contributed by atoms with van der Waals surface area (Å²) < 4.78 is 1.31. The van der Waals surface area contributed by atoms with E-state index in [0.717, 1.165) is 0 Å². The van der Waals surface area contributed by atoms with Crippen molar-refractivity contribution in [3.63, 3.8) is 0 Å². The molecule has 0 spiro atoms. The second-order valence-electron chi connectivity index (χ2n) is 0.625. The summed E-state index contributed by atoms with van der Waals surface area (Å²) in [5.41, 5.74) is 0. The van der Waals surface area contributed by atoms with Gasteiger partial charge in [0, 0.05) is 0 Å². The fourth-order valence-corrected chi connectivity index (χ4v) is 0. The zero-order valence-corrected chi connectivity index (χ0v) is 5.96. The van der Waals surface area contributed by atoms with Crippen molar-refractivity contribution >= 4 is 13.1 Å². The van der Waals surface area contributed by atoms with Crippen molar-refractivity contribution in [1.29, 1.82) is 0 Å². The molecule has 0 N–H and O–H groups in total. The molecule has 0 fully saturated rings. The van der Waals surface area contributed by atoms with Crippen molar-refractivity contribution < 1.29 is 24.2 Å². The van der Waals surface area contributed by atoms with Gasteiger partial charge >= 0.3 is 44.2 Å². The van der Waals surface area contributed by atoms with Gasteiger partial charge in [0.1, 0.15) is 0 Å². The van der Waals surface area contributed by atoms with E-state index < -0.39 is 0 Å². The van der Waals surface area contributed by atoms with Gasteiger partial charge in [-0.1, -0.05) is 0 Å². The van der Waals surface area contributed by atoms with E-state index >= 15 is 0 Å². The summed E-state index contributed by atoms with van der Waals surface area (Å²) in [6.45, 7) is 2.04. The van der Waals surface area contributed by atoms with Crippen molar-refractivity contribution in [1.82, 2.24) is 0 Å². The van der Waals surface area contributed by atoms with Crippen LogP contribution in [0.1, 0.15) is 6.92 Å². The van der Waals surface area contributed by atoms with Crippen molar-refractivity contribution in [3.05, 3.63) is 0 Å². The molecule has 0 aliphatic heterocycles. The molecule has 0 heterocycles. The Morgan fingerprint density at radius 1 is 2.00 bits per heavy atom. The normalized spacial score (nSPS) is 7.00. The van der Waals surface area contributed by atoms with Crippen LogP contribution < -0.4 is 0 Å². The van der Waals surface area contributed by atoms with Crippen LogP contribution in [0.3, 0.4) is 0 Å². The topological polar surface area (TPSA) is 0 Å². The molecule has 0 rings (SSSR count). The Bertz CT molecular complexity index is 29.0. The first-order valence-electron chi connectivity index (χ1n) is 1.00. The van der Waals surface area contributed by atoms with Crippen LogP contribution in [0.25, 0.3) is 0 Å². The van der Waals surface area contributed by atoms with E-state index in [9.17, 15) is 0 Å². The summed E-state index contributed by atoms with van der Waals surface area (Å²) in [6, 6.07) is 0. The van der Waals surface area contributed by atoms with Gasteiger partial charge in [-0.2, -0.15) is 0 Å². The van der Waals surface area contributed by atoms with Gasteiger partial charge in [-0.3, -0.25) is 0 Å². The van der Waals surface area contributed by atoms with Crippen LogP contribution in [0.2, 0.25) is 0 Å². The van der Waals surface area contributed by atoms with Crippen molar-refractivity contribution in [2.24, 2.45) is 0 Å². The second kappa shape index (κ2) is 2.22. The predicted octanol–water partition coefficient (Wildman–Crippen LogP) is -0.148. The maximum absolute atomic E-state index is 3.27. The SMILES string of the molecule is C[C]([Si])=[Zr+2]. The third kappa shape index (κ3) is 12.3. The van der Waals surface area contributed by atoms with Gasteiger partial charge in [0.15, 0.2) is 0 Å². The molecule has 0 aliphatic carbocycles. The minimum absolute atomic E-state index is 1.31. The van der Waals surface area contributed by atoms with Crippen LogP contribution in [-0.4, -0.2) is 13.1 Å². The van der Waals surface area contributed by atoms with Gasteiger partial charge in [-0.25, -0.2) is 0 Å². The van der Waals surface area contributed by atoms with Crippen LogP contribution in [0, 0.1) is 0 Å². The number of hydrogen-bond acceptors (Lipinski definition) is 0. The molecule has 0 nitrogen and oxygen atoms in total. The summed E-state index contributed by atoms with van der Waals surface area (Å²) >= 11 is 1.47. The fourth-order valence-electron chi connectivity index (χ4n) is 0. The Morgan fingerprint density at radius 2 is 2.00 bits per heavy atom. The molecule has 3 radical (unpaired) electrons. The van der Waals surface area contributed by atoms with Crippen LogP contribution >= 0.6 is 0 Å². The van der Waals surface area contributed by atoms with Gasteiger partial charge in [0.2, 0.25) is 0 Å². The van der Waals surface area contributed by atoms with Crippen molar-refractivity contribution in [2.75, 3.05) is 0 Å². The minimum atomic E-state index is 1.31. The third-order valence-corrected chi connectivity index (χ3v) is 0. The zero-order valence-electron chi connectivity index (χ0n) is 2.50. The summed E-state index contributed by atoms with van der Waals surface area (Å²) in [5, 5.41) is 0. The maximum atomic E-state index is 3.27. The average molecular weight is 146 g/mol. The van der Waals surface area contributed by atoms with E-state index in [1.165, 1.54) is 27.1 Å². The molecule has 0 aromatic carbocycles. The molecule has 17 valence electrons. The fraction of sp³-hybridized carbons (Fsp3) is 0.500. The van der Waals surface area contributed by atoms with E-state index in [2.05, 4.69) is 10.2 Å². The molecule has 2 heteroatoms. The van der Waals surface area contributed by atoms with Crippen molar-refractivity contribution in [2.45, 2.75) is 6.92 Å². The second-order valence-corrected chi connectivity index (χ2v) is 4.45. The molecule has 0 aromatic rings. The summed E-state index contributed by atoms with van der Waals surface area (Å²) in [4.78, 5) is 0. The van der Waals surface area contributed by atoms with Gasteiger partial charge in [0.05, 0.1) is 0 Å². The Labute approximate surface area is 44.3 Å². The molecular formula is C2H3SiZr+2. The summed E-state index contributed by atoms with van der Waals surface area (Å²) in [7, 11) is 3.27. The van der Waals surface area contributed by atoms with Crippen LogP contribution in [0.5, 0.6) is 0 Å². The summed E-state index contributed by atoms with van der Waals surface area (Å²) in [5.74, 6) is 0. The predicted molar refractivity (Wildman–Crippen MR) is 16.4 cm³/mol. The molecular weight excluding hydrogens is 143 g/mol. The van der Waals surface area contributed by atoms with E-state index in [-0.39, 0.29) is 0 Å². The average Bonchev–Trinajstić information content (AvgIpc) is 0.811.